The molecule has 0 saturated carbocycles. The number of hydrogen-bond acceptors (Lipinski definition) is 4. The predicted octanol–water partition coefficient (Wildman–Crippen LogP) is 2.41. The van der Waals surface area contributed by atoms with Gasteiger partial charge in [-0.3, -0.25) is 0 Å². The summed E-state index contributed by atoms with van der Waals surface area (Å²) in [6, 6.07) is 2.86. The maximum Gasteiger partial charge on any atom is 0.338 e. The number of nitrogens with two attached hydrogens (primary N) is 1. The number of hydrogen-bond donors (Lipinski definition) is 2. The highest BCUT2D eigenvalue weighted by Crippen LogP contribution is 2.35. The molecule has 0 radical (unpaired) electrons. The second kappa shape index (κ2) is 7.59. The largest absolute Gasteiger partial charge is 0.490 e. The Balaban J connectivity index is 3.40. The van der Waals surface area contributed by atoms with Crippen molar-refractivity contribution in [2.45, 2.75) is 13.8 Å². The fraction of sp³-hybridized carbons (Fsp3) is 0.385. The summed E-state index contributed by atoms with van der Waals surface area (Å²) in [5.41, 5.74) is 5.71. The van der Waals surface area contributed by atoms with Gasteiger partial charge in [0.2, 0.25) is 0 Å². The van der Waals surface area contributed by atoms with Crippen molar-refractivity contribution in [3.05, 3.63) is 17.7 Å². The van der Waals surface area contributed by atoms with Crippen molar-refractivity contribution in [2.75, 3.05) is 19.1 Å². The maximum atomic E-state index is 11.3. The molecule has 0 heterocycles. The molecular formula is C13H17ClN2O4. The number of aromatic carboxylic acids is 1. The lowest BCUT2D eigenvalue weighted by Crippen LogP contribution is -2.13. The first-order valence-electron chi connectivity index (χ1n) is 6.09. The Morgan fingerprint density at radius 1 is 1.30 bits per heavy atom. The van der Waals surface area contributed by atoms with Crippen molar-refractivity contribution in [3.63, 3.8) is 0 Å². The SMILES string of the molecule is CCOc1cc(N=C(N)CCl)c(C(=O)O)cc1OCC. The number of rotatable bonds is 7. The lowest BCUT2D eigenvalue weighted by atomic mass is 10.1. The van der Waals surface area contributed by atoms with Crippen molar-refractivity contribution in [3.8, 4) is 11.5 Å². The summed E-state index contributed by atoms with van der Waals surface area (Å²) >= 11 is 5.56. The van der Waals surface area contributed by atoms with Gasteiger partial charge >= 0.3 is 5.97 Å². The first-order valence-corrected chi connectivity index (χ1v) is 6.62. The summed E-state index contributed by atoms with van der Waals surface area (Å²) in [5.74, 6) is -0.220. The molecular weight excluding hydrogens is 284 g/mol. The Labute approximate surface area is 122 Å². The molecule has 0 saturated heterocycles. The highest BCUT2D eigenvalue weighted by Gasteiger charge is 2.16. The monoisotopic (exact) mass is 300 g/mol. The van der Waals surface area contributed by atoms with Gasteiger partial charge in [-0.05, 0) is 13.8 Å². The van der Waals surface area contributed by atoms with Crippen LogP contribution in [0.4, 0.5) is 5.69 Å². The van der Waals surface area contributed by atoms with Gasteiger partial charge in [0.15, 0.2) is 11.5 Å². The molecule has 110 valence electrons. The Kier molecular flexibility index (Phi) is 6.11. The number of amidine groups is 1. The minimum Gasteiger partial charge on any atom is -0.490 e. The van der Waals surface area contributed by atoms with Crippen LogP contribution in [0.5, 0.6) is 11.5 Å². The molecule has 1 rings (SSSR count). The van der Waals surface area contributed by atoms with Gasteiger partial charge in [-0.1, -0.05) is 0 Å². The molecule has 7 heteroatoms. The summed E-state index contributed by atoms with van der Waals surface area (Å²) in [7, 11) is 0. The topological polar surface area (TPSA) is 94.1 Å². The number of carboxylic acids is 1. The molecule has 0 aliphatic heterocycles. The lowest BCUT2D eigenvalue weighted by molar-refractivity contribution is 0.0697. The fourth-order valence-corrected chi connectivity index (χ4v) is 1.59. The number of aliphatic imine (C=N–C) groups is 1. The molecule has 3 N–H and O–H groups in total. The quantitative estimate of drug-likeness (QED) is 0.458. The smallest absolute Gasteiger partial charge is 0.338 e. The molecule has 0 spiro atoms. The average molecular weight is 301 g/mol. The van der Waals surface area contributed by atoms with Gasteiger partial charge in [-0.2, -0.15) is 0 Å². The van der Waals surface area contributed by atoms with Gasteiger partial charge in [0.25, 0.3) is 0 Å². The zero-order valence-electron chi connectivity index (χ0n) is 11.4. The van der Waals surface area contributed by atoms with E-state index < -0.39 is 5.97 Å². The van der Waals surface area contributed by atoms with Gasteiger partial charge < -0.3 is 20.3 Å². The zero-order valence-corrected chi connectivity index (χ0v) is 12.1. The molecule has 1 aromatic carbocycles. The van der Waals surface area contributed by atoms with E-state index in [0.29, 0.717) is 24.7 Å². The highest BCUT2D eigenvalue weighted by molar-refractivity contribution is 6.28. The first kappa shape index (κ1) is 16.1. The first-order chi connectivity index (χ1) is 9.53. The molecule has 20 heavy (non-hydrogen) atoms. The van der Waals surface area contributed by atoms with Gasteiger partial charge in [0.1, 0.15) is 5.84 Å². The van der Waals surface area contributed by atoms with Crippen LogP contribution in [-0.2, 0) is 0 Å². The molecule has 0 aliphatic rings. The van der Waals surface area contributed by atoms with E-state index in [4.69, 9.17) is 26.8 Å². The molecule has 1 aromatic rings. The van der Waals surface area contributed by atoms with Crippen molar-refractivity contribution < 1.29 is 19.4 Å². The molecule has 0 fully saturated rings. The van der Waals surface area contributed by atoms with Crippen molar-refractivity contribution in [2.24, 2.45) is 10.7 Å². The number of nitrogens with zero attached hydrogens (tertiary/aromatic N) is 1. The van der Waals surface area contributed by atoms with Crippen LogP contribution >= 0.6 is 11.6 Å². The number of halogens is 1. The molecule has 0 aliphatic carbocycles. The standard InChI is InChI=1S/C13H17ClN2O4/c1-3-19-10-5-8(13(17)18)9(16-12(15)7-14)6-11(10)20-4-2/h5-6H,3-4,7H2,1-2H3,(H2,15,16)(H,17,18). The van der Waals surface area contributed by atoms with Crippen LogP contribution in [0.1, 0.15) is 24.2 Å². The second-order valence-corrected chi connectivity index (χ2v) is 3.99. The number of alkyl halides is 1. The Morgan fingerprint density at radius 2 is 1.85 bits per heavy atom. The van der Waals surface area contributed by atoms with Crippen LogP contribution in [0, 0.1) is 0 Å². The Hall–Kier alpha value is -1.95. The predicted molar refractivity (Wildman–Crippen MR) is 77.7 cm³/mol. The number of carboxylic acid groups (broad SMARTS) is 1. The van der Waals surface area contributed by atoms with Crippen molar-refractivity contribution >= 4 is 29.1 Å². The fourth-order valence-electron chi connectivity index (χ4n) is 1.53. The zero-order chi connectivity index (χ0) is 15.1. The Morgan fingerprint density at radius 3 is 2.30 bits per heavy atom. The van der Waals surface area contributed by atoms with E-state index in [1.165, 1.54) is 12.1 Å². The lowest BCUT2D eigenvalue weighted by Gasteiger charge is -2.13. The summed E-state index contributed by atoms with van der Waals surface area (Å²) < 4.78 is 10.8. The molecule has 0 amide bonds. The average Bonchev–Trinajstić information content (AvgIpc) is 2.41. The minimum absolute atomic E-state index is 0.0102. The van der Waals surface area contributed by atoms with Gasteiger partial charge in [0.05, 0.1) is 30.3 Å². The molecule has 0 aromatic heterocycles. The highest BCUT2D eigenvalue weighted by atomic mass is 35.5. The summed E-state index contributed by atoms with van der Waals surface area (Å²) in [5, 5.41) is 9.23. The van der Waals surface area contributed by atoms with Crippen LogP contribution in [0.3, 0.4) is 0 Å². The van der Waals surface area contributed by atoms with Crippen LogP contribution < -0.4 is 15.2 Å². The Bertz CT molecular complexity index is 517. The van der Waals surface area contributed by atoms with Crippen LogP contribution in [-0.4, -0.2) is 36.0 Å². The third kappa shape index (κ3) is 4.03. The summed E-state index contributed by atoms with van der Waals surface area (Å²) in [6.45, 7) is 4.43. The third-order valence-electron chi connectivity index (χ3n) is 2.29. The minimum atomic E-state index is -1.13. The molecule has 0 unspecified atom stereocenters. The second-order valence-electron chi connectivity index (χ2n) is 3.72. The van der Waals surface area contributed by atoms with Gasteiger partial charge in [-0.15, -0.1) is 11.6 Å². The van der Waals surface area contributed by atoms with Crippen molar-refractivity contribution in [1.29, 1.82) is 0 Å². The van der Waals surface area contributed by atoms with E-state index in [-0.39, 0.29) is 23.0 Å². The third-order valence-corrected chi connectivity index (χ3v) is 2.57. The van der Waals surface area contributed by atoms with E-state index in [9.17, 15) is 9.90 Å². The molecule has 0 atom stereocenters. The van der Waals surface area contributed by atoms with Crippen LogP contribution in [0.15, 0.2) is 17.1 Å². The van der Waals surface area contributed by atoms with Crippen LogP contribution in [0.25, 0.3) is 0 Å². The van der Waals surface area contributed by atoms with Crippen molar-refractivity contribution in [1.82, 2.24) is 0 Å². The number of ether oxygens (including phenoxy) is 2. The molecule has 6 nitrogen and oxygen atoms in total. The van der Waals surface area contributed by atoms with E-state index in [1.807, 2.05) is 6.92 Å². The normalized spacial score (nSPS) is 11.2. The maximum absolute atomic E-state index is 11.3. The van der Waals surface area contributed by atoms with Gasteiger partial charge in [-0.25, -0.2) is 9.79 Å². The molecule has 0 bridgehead atoms. The van der Waals surface area contributed by atoms with Crippen LogP contribution in [0.2, 0.25) is 0 Å². The van der Waals surface area contributed by atoms with E-state index >= 15 is 0 Å². The summed E-state index contributed by atoms with van der Waals surface area (Å²) in [4.78, 5) is 15.3. The van der Waals surface area contributed by atoms with E-state index in [0.717, 1.165) is 0 Å². The number of benzene rings is 1. The van der Waals surface area contributed by atoms with Gasteiger partial charge in [0, 0.05) is 12.1 Å². The van der Waals surface area contributed by atoms with E-state index in [1.54, 1.807) is 6.92 Å². The number of carbonyl (C=O) groups is 1. The summed E-state index contributed by atoms with van der Waals surface area (Å²) in [6.07, 6.45) is 0. The van der Waals surface area contributed by atoms with E-state index in [2.05, 4.69) is 4.99 Å².